The predicted molar refractivity (Wildman–Crippen MR) is 77.5 cm³/mol. The molecule has 5 heteroatoms. The van der Waals surface area contributed by atoms with Gasteiger partial charge in [0.1, 0.15) is 11.8 Å². The molecule has 2 N–H and O–H groups in total. The third kappa shape index (κ3) is 1.84. The van der Waals surface area contributed by atoms with Crippen LogP contribution >= 0.6 is 0 Å². The van der Waals surface area contributed by atoms with E-state index in [0.29, 0.717) is 23.3 Å². The van der Waals surface area contributed by atoms with Gasteiger partial charge in [0.25, 0.3) is 0 Å². The van der Waals surface area contributed by atoms with Crippen molar-refractivity contribution >= 4 is 17.1 Å². The van der Waals surface area contributed by atoms with Crippen molar-refractivity contribution in [1.82, 2.24) is 14.6 Å². The second kappa shape index (κ2) is 4.77. The quantitative estimate of drug-likeness (QED) is 0.739. The van der Waals surface area contributed by atoms with E-state index in [1.54, 1.807) is 10.7 Å². The molecule has 0 spiro atoms. The average Bonchev–Trinajstić information content (AvgIpc) is 2.88. The fourth-order valence-corrected chi connectivity index (χ4v) is 2.33. The van der Waals surface area contributed by atoms with Crippen molar-refractivity contribution in [1.29, 1.82) is 0 Å². The summed E-state index contributed by atoms with van der Waals surface area (Å²) in [6, 6.07) is 9.70. The molecule has 1 aromatic carbocycles. The summed E-state index contributed by atoms with van der Waals surface area (Å²) in [5, 5.41) is 4.14. The maximum Gasteiger partial charge on any atom is 0.164 e. The number of nitrogens with zero attached hydrogens (tertiary/aromatic N) is 3. The van der Waals surface area contributed by atoms with Gasteiger partial charge in [0, 0.05) is 23.7 Å². The predicted octanol–water partition coefficient (Wildman–Crippen LogP) is 2.57. The van der Waals surface area contributed by atoms with Gasteiger partial charge in [-0.25, -0.2) is 9.50 Å². The van der Waals surface area contributed by atoms with Gasteiger partial charge in [-0.05, 0) is 5.56 Å². The molecule has 100 valence electrons. The van der Waals surface area contributed by atoms with Crippen molar-refractivity contribution in [3.8, 4) is 11.1 Å². The molecule has 2 aromatic heterocycles. The van der Waals surface area contributed by atoms with Gasteiger partial charge in [-0.15, -0.1) is 0 Å². The molecule has 3 rings (SSSR count). The lowest BCUT2D eigenvalue weighted by Crippen LogP contribution is -1.98. The Hall–Kier alpha value is -2.69. The van der Waals surface area contributed by atoms with E-state index >= 15 is 0 Å². The van der Waals surface area contributed by atoms with E-state index in [2.05, 4.69) is 10.1 Å². The molecule has 2 heterocycles. The Morgan fingerprint density at radius 2 is 2.05 bits per heavy atom. The van der Waals surface area contributed by atoms with Crippen LogP contribution in [-0.2, 0) is 0 Å². The van der Waals surface area contributed by atoms with E-state index in [4.69, 9.17) is 5.73 Å². The first-order valence-corrected chi connectivity index (χ1v) is 6.42. The van der Waals surface area contributed by atoms with Crippen molar-refractivity contribution in [2.24, 2.45) is 0 Å². The minimum Gasteiger partial charge on any atom is -0.382 e. The number of benzene rings is 1. The number of nitrogen functional groups attached to an aromatic ring is 1. The lowest BCUT2D eigenvalue weighted by Gasteiger charge is -2.04. The fraction of sp³-hybridized carbons (Fsp3) is 0.133. The third-order valence-electron chi connectivity index (χ3n) is 3.29. The Morgan fingerprint density at radius 3 is 2.75 bits per heavy atom. The van der Waals surface area contributed by atoms with E-state index in [9.17, 15) is 4.79 Å². The second-order valence-electron chi connectivity index (χ2n) is 4.50. The molecular formula is C15H14N4O. The third-order valence-corrected chi connectivity index (χ3v) is 3.29. The van der Waals surface area contributed by atoms with Gasteiger partial charge < -0.3 is 5.73 Å². The Morgan fingerprint density at radius 1 is 1.30 bits per heavy atom. The van der Waals surface area contributed by atoms with E-state index in [1.807, 2.05) is 37.3 Å². The van der Waals surface area contributed by atoms with Crippen LogP contribution in [0, 0.1) is 0 Å². The topological polar surface area (TPSA) is 73.3 Å². The molecule has 3 aromatic rings. The first-order valence-electron chi connectivity index (χ1n) is 6.42. The summed E-state index contributed by atoms with van der Waals surface area (Å²) in [5.41, 5.74) is 9.01. The van der Waals surface area contributed by atoms with Crippen molar-refractivity contribution in [2.75, 3.05) is 5.73 Å². The Kier molecular flexibility index (Phi) is 2.95. The molecular weight excluding hydrogens is 252 g/mol. The molecule has 0 amide bonds. The zero-order valence-electron chi connectivity index (χ0n) is 11.1. The van der Waals surface area contributed by atoms with Crippen LogP contribution in [0.3, 0.4) is 0 Å². The monoisotopic (exact) mass is 266 g/mol. The Balaban J connectivity index is 2.40. The van der Waals surface area contributed by atoms with Crippen LogP contribution < -0.4 is 5.73 Å². The highest BCUT2D eigenvalue weighted by molar-refractivity contribution is 6.07. The van der Waals surface area contributed by atoms with Crippen LogP contribution in [-0.4, -0.2) is 20.4 Å². The van der Waals surface area contributed by atoms with E-state index in [1.165, 1.54) is 6.33 Å². The van der Waals surface area contributed by atoms with Gasteiger partial charge >= 0.3 is 0 Å². The molecule has 20 heavy (non-hydrogen) atoms. The maximum atomic E-state index is 12.2. The Bertz CT molecular complexity index is 777. The van der Waals surface area contributed by atoms with Crippen LogP contribution in [0.25, 0.3) is 16.6 Å². The number of anilines is 1. The Labute approximate surface area is 116 Å². The average molecular weight is 266 g/mol. The number of ketones is 1. The second-order valence-corrected chi connectivity index (χ2v) is 4.50. The van der Waals surface area contributed by atoms with E-state index in [0.717, 1.165) is 11.1 Å². The molecule has 0 radical (unpaired) electrons. The van der Waals surface area contributed by atoms with Crippen LogP contribution in [0.15, 0.2) is 42.9 Å². The molecule has 0 fully saturated rings. The molecule has 0 saturated heterocycles. The lowest BCUT2D eigenvalue weighted by atomic mass is 9.99. The number of Topliss-reactive ketones (excluding diaryl/α,β-unsaturated/α-hetero) is 1. The number of rotatable bonds is 3. The fourth-order valence-electron chi connectivity index (χ4n) is 2.33. The number of nitrogens with two attached hydrogens (primary N) is 1. The number of carbonyl (C=O) groups excluding carboxylic acids is 1. The standard InChI is InChI=1S/C15H14N4O/c1-2-12(20)11-8-19-14(15(16)17-9-18-19)13(11)10-6-4-3-5-7-10/h3-9H,2H2,1H3,(H2,16,17,18). The normalized spacial score (nSPS) is 10.8. The van der Waals surface area contributed by atoms with Crippen LogP contribution in [0.5, 0.6) is 0 Å². The van der Waals surface area contributed by atoms with E-state index < -0.39 is 0 Å². The summed E-state index contributed by atoms with van der Waals surface area (Å²) in [6.07, 6.45) is 3.54. The van der Waals surface area contributed by atoms with Gasteiger partial charge in [-0.1, -0.05) is 37.3 Å². The summed E-state index contributed by atoms with van der Waals surface area (Å²) < 4.78 is 1.62. The van der Waals surface area contributed by atoms with Crippen LogP contribution in [0.1, 0.15) is 23.7 Å². The van der Waals surface area contributed by atoms with Crippen molar-refractivity contribution < 1.29 is 4.79 Å². The van der Waals surface area contributed by atoms with Crippen LogP contribution in [0.4, 0.5) is 5.82 Å². The summed E-state index contributed by atoms with van der Waals surface area (Å²) in [5.74, 6) is 0.433. The number of carbonyl (C=O) groups is 1. The molecule has 5 nitrogen and oxygen atoms in total. The number of hydrogen-bond donors (Lipinski definition) is 1. The maximum absolute atomic E-state index is 12.2. The summed E-state index contributed by atoms with van der Waals surface area (Å²) in [7, 11) is 0. The number of hydrogen-bond acceptors (Lipinski definition) is 4. The molecule has 0 bridgehead atoms. The summed E-state index contributed by atoms with van der Waals surface area (Å²) in [4.78, 5) is 16.2. The SMILES string of the molecule is CCC(=O)c1cn2ncnc(N)c2c1-c1ccccc1. The molecule has 0 aliphatic heterocycles. The summed E-state index contributed by atoms with van der Waals surface area (Å²) >= 11 is 0. The zero-order valence-corrected chi connectivity index (χ0v) is 11.1. The molecule has 0 atom stereocenters. The van der Waals surface area contributed by atoms with Gasteiger partial charge in [-0.3, -0.25) is 4.79 Å². The highest BCUT2D eigenvalue weighted by Gasteiger charge is 2.19. The van der Waals surface area contributed by atoms with Crippen molar-refractivity contribution in [2.45, 2.75) is 13.3 Å². The summed E-state index contributed by atoms with van der Waals surface area (Å²) in [6.45, 7) is 1.84. The minimum atomic E-state index is 0.0637. The van der Waals surface area contributed by atoms with Gasteiger partial charge in [0.2, 0.25) is 0 Å². The van der Waals surface area contributed by atoms with Crippen LogP contribution in [0.2, 0.25) is 0 Å². The lowest BCUT2D eigenvalue weighted by molar-refractivity contribution is 0.0989. The largest absolute Gasteiger partial charge is 0.382 e. The van der Waals surface area contributed by atoms with Crippen molar-refractivity contribution in [3.05, 3.63) is 48.4 Å². The highest BCUT2D eigenvalue weighted by Crippen LogP contribution is 2.32. The van der Waals surface area contributed by atoms with Gasteiger partial charge in [0.15, 0.2) is 11.6 Å². The first kappa shape index (κ1) is 12.3. The number of fused-ring (bicyclic) bond motifs is 1. The zero-order chi connectivity index (χ0) is 14.1. The molecule has 0 aliphatic carbocycles. The molecule has 0 unspecified atom stereocenters. The number of aromatic nitrogens is 3. The smallest absolute Gasteiger partial charge is 0.164 e. The minimum absolute atomic E-state index is 0.0637. The van der Waals surface area contributed by atoms with Crippen molar-refractivity contribution in [3.63, 3.8) is 0 Å². The van der Waals surface area contributed by atoms with Gasteiger partial charge in [0.05, 0.1) is 0 Å². The molecule has 0 aliphatic rings. The first-order chi connectivity index (χ1) is 9.72. The van der Waals surface area contributed by atoms with E-state index in [-0.39, 0.29) is 5.78 Å². The molecule has 0 saturated carbocycles. The van der Waals surface area contributed by atoms with Gasteiger partial charge in [-0.2, -0.15) is 5.10 Å². The highest BCUT2D eigenvalue weighted by atomic mass is 16.1.